The predicted octanol–water partition coefficient (Wildman–Crippen LogP) is 2.46. The molecule has 2 aliphatic rings. The van der Waals surface area contributed by atoms with E-state index >= 15 is 0 Å². The van der Waals surface area contributed by atoms with E-state index in [4.69, 9.17) is 0 Å². The van der Waals surface area contributed by atoms with Crippen LogP contribution in [-0.4, -0.2) is 37.0 Å². The summed E-state index contributed by atoms with van der Waals surface area (Å²) in [5.74, 6) is -0.125. The van der Waals surface area contributed by atoms with Crippen LogP contribution in [0.2, 0.25) is 0 Å². The van der Waals surface area contributed by atoms with Crippen molar-refractivity contribution >= 4 is 5.91 Å². The minimum atomic E-state index is -0.435. The number of rotatable bonds is 5. The molecule has 0 bridgehead atoms. The Morgan fingerprint density at radius 1 is 1.19 bits per heavy atom. The molecule has 1 aromatic rings. The van der Waals surface area contributed by atoms with Gasteiger partial charge >= 0.3 is 0 Å². The summed E-state index contributed by atoms with van der Waals surface area (Å²) in [5, 5.41) is 3.28. The normalized spacial score (nSPS) is 21.7. The van der Waals surface area contributed by atoms with E-state index in [0.29, 0.717) is 0 Å². The van der Waals surface area contributed by atoms with Crippen LogP contribution in [0, 0.1) is 5.82 Å². The molecular formula is C17H23FN2O. The summed E-state index contributed by atoms with van der Waals surface area (Å²) >= 11 is 0. The fourth-order valence-corrected chi connectivity index (χ4v) is 3.39. The van der Waals surface area contributed by atoms with Crippen LogP contribution in [0.5, 0.6) is 0 Å². The molecule has 2 aliphatic carbocycles. The first kappa shape index (κ1) is 14.5. The Bertz CT molecular complexity index is 530. The molecule has 0 radical (unpaired) electrons. The van der Waals surface area contributed by atoms with E-state index in [1.54, 1.807) is 12.1 Å². The zero-order valence-corrected chi connectivity index (χ0v) is 12.8. The Labute approximate surface area is 125 Å². The van der Waals surface area contributed by atoms with Crippen molar-refractivity contribution in [3.8, 4) is 0 Å². The number of benzene rings is 1. The second kappa shape index (κ2) is 5.09. The Morgan fingerprint density at radius 3 is 2.24 bits per heavy atom. The van der Waals surface area contributed by atoms with Crippen molar-refractivity contribution in [1.29, 1.82) is 0 Å². The minimum Gasteiger partial charge on any atom is -0.349 e. The lowest BCUT2D eigenvalue weighted by molar-refractivity contribution is -0.131. The highest BCUT2D eigenvalue weighted by Gasteiger charge is 2.51. The molecule has 0 unspecified atom stereocenters. The molecule has 114 valence electrons. The summed E-state index contributed by atoms with van der Waals surface area (Å²) in [6.45, 7) is 0.887. The summed E-state index contributed by atoms with van der Waals surface area (Å²) in [6, 6.07) is 6.43. The van der Waals surface area contributed by atoms with Gasteiger partial charge < -0.3 is 10.2 Å². The van der Waals surface area contributed by atoms with Gasteiger partial charge in [-0.05, 0) is 57.5 Å². The van der Waals surface area contributed by atoms with Crippen LogP contribution in [0.25, 0.3) is 0 Å². The molecule has 1 aromatic carbocycles. The Balaban J connectivity index is 1.77. The summed E-state index contributed by atoms with van der Waals surface area (Å²) in [6.07, 6.45) is 4.89. The number of halogens is 1. The highest BCUT2D eigenvalue weighted by molar-refractivity contribution is 5.90. The van der Waals surface area contributed by atoms with Gasteiger partial charge in [-0.2, -0.15) is 0 Å². The Hall–Kier alpha value is -1.42. The first-order valence-corrected chi connectivity index (χ1v) is 7.69. The molecule has 0 spiro atoms. The van der Waals surface area contributed by atoms with Gasteiger partial charge in [0, 0.05) is 6.54 Å². The molecule has 3 rings (SSSR count). The standard InChI is InChI=1S/C17H23FN2O/c1-20(2)12-16(10-11-16)19-15(21)17(8-3-9-17)13-4-6-14(18)7-5-13/h4-7H,3,8-12H2,1-2H3,(H,19,21). The molecule has 2 fully saturated rings. The topological polar surface area (TPSA) is 32.3 Å². The lowest BCUT2D eigenvalue weighted by Gasteiger charge is -2.42. The van der Waals surface area contributed by atoms with Gasteiger partial charge in [0.1, 0.15) is 5.82 Å². The van der Waals surface area contributed by atoms with Gasteiger partial charge in [0.05, 0.1) is 11.0 Å². The SMILES string of the molecule is CN(C)CC1(NC(=O)C2(c3ccc(F)cc3)CCC2)CC1. The number of carbonyl (C=O) groups is 1. The number of likely N-dealkylation sites (N-methyl/N-ethyl adjacent to an activating group) is 1. The van der Waals surface area contributed by atoms with Crippen LogP contribution >= 0.6 is 0 Å². The van der Waals surface area contributed by atoms with Crippen LogP contribution in [-0.2, 0) is 10.2 Å². The fourth-order valence-electron chi connectivity index (χ4n) is 3.39. The molecule has 2 saturated carbocycles. The van der Waals surface area contributed by atoms with Crippen LogP contribution in [0.3, 0.4) is 0 Å². The summed E-state index contributed by atoms with van der Waals surface area (Å²) in [5.41, 5.74) is 0.479. The molecule has 0 saturated heterocycles. The molecule has 3 nitrogen and oxygen atoms in total. The van der Waals surface area contributed by atoms with Crippen LogP contribution in [0.4, 0.5) is 4.39 Å². The molecule has 0 heterocycles. The van der Waals surface area contributed by atoms with E-state index in [-0.39, 0.29) is 17.3 Å². The summed E-state index contributed by atoms with van der Waals surface area (Å²) < 4.78 is 13.1. The molecule has 0 aromatic heterocycles. The highest BCUT2D eigenvalue weighted by Crippen LogP contribution is 2.46. The van der Waals surface area contributed by atoms with Crippen LogP contribution in [0.1, 0.15) is 37.7 Å². The molecule has 0 aliphatic heterocycles. The third-order valence-electron chi connectivity index (χ3n) is 4.89. The Kier molecular flexibility index (Phi) is 3.52. The maximum atomic E-state index is 13.1. The van der Waals surface area contributed by atoms with Gasteiger partial charge in [-0.3, -0.25) is 4.79 Å². The maximum absolute atomic E-state index is 13.1. The second-order valence-electron chi connectivity index (χ2n) is 6.91. The monoisotopic (exact) mass is 290 g/mol. The number of hydrogen-bond acceptors (Lipinski definition) is 2. The second-order valence-corrected chi connectivity index (χ2v) is 6.91. The first-order valence-electron chi connectivity index (χ1n) is 7.69. The fraction of sp³-hybridized carbons (Fsp3) is 0.588. The molecule has 1 amide bonds. The van der Waals surface area contributed by atoms with E-state index in [0.717, 1.165) is 44.2 Å². The zero-order chi connectivity index (χ0) is 15.1. The molecule has 4 heteroatoms. The predicted molar refractivity (Wildman–Crippen MR) is 80.6 cm³/mol. The van der Waals surface area contributed by atoms with E-state index in [1.165, 1.54) is 12.1 Å². The van der Waals surface area contributed by atoms with Crippen molar-refractivity contribution in [3.05, 3.63) is 35.6 Å². The molecule has 1 N–H and O–H groups in total. The summed E-state index contributed by atoms with van der Waals surface area (Å²) in [7, 11) is 4.07. The van der Waals surface area contributed by atoms with Crippen LogP contribution < -0.4 is 5.32 Å². The smallest absolute Gasteiger partial charge is 0.231 e. The zero-order valence-electron chi connectivity index (χ0n) is 12.8. The molecule has 0 atom stereocenters. The van der Waals surface area contributed by atoms with Gasteiger partial charge in [-0.25, -0.2) is 4.39 Å². The third-order valence-corrected chi connectivity index (χ3v) is 4.89. The van der Waals surface area contributed by atoms with E-state index in [9.17, 15) is 9.18 Å². The van der Waals surface area contributed by atoms with Crippen molar-refractivity contribution < 1.29 is 9.18 Å². The number of nitrogens with one attached hydrogen (secondary N) is 1. The minimum absolute atomic E-state index is 0.0385. The van der Waals surface area contributed by atoms with Crippen molar-refractivity contribution in [2.24, 2.45) is 0 Å². The highest BCUT2D eigenvalue weighted by atomic mass is 19.1. The van der Waals surface area contributed by atoms with Gasteiger partial charge in [-0.15, -0.1) is 0 Å². The van der Waals surface area contributed by atoms with E-state index in [1.807, 2.05) is 14.1 Å². The number of amides is 1. The van der Waals surface area contributed by atoms with E-state index in [2.05, 4.69) is 10.2 Å². The van der Waals surface area contributed by atoms with Crippen molar-refractivity contribution in [2.75, 3.05) is 20.6 Å². The third kappa shape index (κ3) is 2.69. The van der Waals surface area contributed by atoms with Crippen molar-refractivity contribution in [2.45, 2.75) is 43.1 Å². The average Bonchev–Trinajstić information content (AvgIpc) is 3.08. The van der Waals surface area contributed by atoms with Crippen LogP contribution in [0.15, 0.2) is 24.3 Å². The lowest BCUT2D eigenvalue weighted by atomic mass is 9.63. The lowest BCUT2D eigenvalue weighted by Crippen LogP contribution is -2.55. The van der Waals surface area contributed by atoms with Gasteiger partial charge in [0.2, 0.25) is 5.91 Å². The number of carbonyl (C=O) groups excluding carboxylic acids is 1. The quantitative estimate of drug-likeness (QED) is 0.903. The summed E-state index contributed by atoms with van der Waals surface area (Å²) in [4.78, 5) is 15.0. The molecule has 21 heavy (non-hydrogen) atoms. The number of hydrogen-bond donors (Lipinski definition) is 1. The van der Waals surface area contributed by atoms with Crippen molar-refractivity contribution in [3.63, 3.8) is 0 Å². The van der Waals surface area contributed by atoms with Gasteiger partial charge in [0.25, 0.3) is 0 Å². The van der Waals surface area contributed by atoms with Gasteiger partial charge in [0.15, 0.2) is 0 Å². The first-order chi connectivity index (χ1) is 9.96. The average molecular weight is 290 g/mol. The largest absolute Gasteiger partial charge is 0.349 e. The Morgan fingerprint density at radius 2 is 1.81 bits per heavy atom. The number of nitrogens with zero attached hydrogens (tertiary/aromatic N) is 1. The molecular weight excluding hydrogens is 267 g/mol. The maximum Gasteiger partial charge on any atom is 0.231 e. The van der Waals surface area contributed by atoms with Gasteiger partial charge in [-0.1, -0.05) is 18.6 Å². The van der Waals surface area contributed by atoms with E-state index < -0.39 is 5.41 Å². The van der Waals surface area contributed by atoms with Crippen molar-refractivity contribution in [1.82, 2.24) is 10.2 Å².